The Bertz CT molecular complexity index is 828. The summed E-state index contributed by atoms with van der Waals surface area (Å²) in [6.45, 7) is 1.80. The molecule has 0 bridgehead atoms. The number of anilines is 1. The Labute approximate surface area is 149 Å². The molecule has 2 aromatic rings. The molecule has 0 radical (unpaired) electrons. The minimum atomic E-state index is -0.579. The van der Waals surface area contributed by atoms with Crippen molar-refractivity contribution in [3.8, 4) is 0 Å². The number of rotatable bonds is 4. The van der Waals surface area contributed by atoms with Gasteiger partial charge in [0.05, 0.1) is 23.4 Å². The average Bonchev–Trinajstić information content (AvgIpc) is 2.79. The van der Waals surface area contributed by atoms with E-state index in [1.54, 1.807) is 26.1 Å². The van der Waals surface area contributed by atoms with Gasteiger partial charge < -0.3 is 10.1 Å². The Kier molecular flexibility index (Phi) is 5.64. The lowest BCUT2D eigenvalue weighted by Crippen LogP contribution is -2.09. The van der Waals surface area contributed by atoms with Gasteiger partial charge in [-0.1, -0.05) is 23.2 Å². The van der Waals surface area contributed by atoms with E-state index in [0.717, 1.165) is 0 Å². The Morgan fingerprint density at radius 1 is 1.33 bits per heavy atom. The summed E-state index contributed by atoms with van der Waals surface area (Å²) in [5, 5.41) is 7.48. The molecule has 1 amide bonds. The summed E-state index contributed by atoms with van der Waals surface area (Å²) >= 11 is 12.0. The number of carbonyl (C=O) groups excluding carboxylic acids is 2. The molecular weight excluding hydrogens is 353 g/mol. The van der Waals surface area contributed by atoms with E-state index < -0.39 is 5.97 Å². The highest BCUT2D eigenvalue weighted by Gasteiger charge is 2.12. The van der Waals surface area contributed by atoms with Crippen LogP contribution in [0.2, 0.25) is 10.2 Å². The maximum Gasteiger partial charge on any atom is 0.339 e. The minimum Gasteiger partial charge on any atom is -0.465 e. The smallest absolute Gasteiger partial charge is 0.339 e. The first-order valence-electron chi connectivity index (χ1n) is 6.89. The highest BCUT2D eigenvalue weighted by atomic mass is 35.5. The fourth-order valence-electron chi connectivity index (χ4n) is 2.05. The standard InChI is InChI=1S/C16H15Cl2N3O3/c1-9-11(15(18)21(2)20-9)5-7-14(22)19-10-4-6-13(17)12(8-10)16(23)24-3/h4-8H,1-3H3,(H,19,22)/b7-5+. The summed E-state index contributed by atoms with van der Waals surface area (Å²) in [5.41, 5.74) is 1.97. The number of esters is 1. The van der Waals surface area contributed by atoms with Gasteiger partial charge in [-0.3, -0.25) is 9.48 Å². The van der Waals surface area contributed by atoms with Crippen molar-refractivity contribution in [2.45, 2.75) is 6.92 Å². The summed E-state index contributed by atoms with van der Waals surface area (Å²) in [5.74, 6) is -0.961. The molecule has 0 aliphatic carbocycles. The molecule has 0 spiro atoms. The third kappa shape index (κ3) is 3.96. The number of carbonyl (C=O) groups is 2. The van der Waals surface area contributed by atoms with Gasteiger partial charge in [0, 0.05) is 24.4 Å². The first-order chi connectivity index (χ1) is 11.3. The Balaban J connectivity index is 2.15. The minimum absolute atomic E-state index is 0.173. The number of aromatic nitrogens is 2. The van der Waals surface area contributed by atoms with E-state index in [1.807, 2.05) is 0 Å². The number of hydrogen-bond acceptors (Lipinski definition) is 4. The van der Waals surface area contributed by atoms with Crippen molar-refractivity contribution < 1.29 is 14.3 Å². The van der Waals surface area contributed by atoms with Crippen molar-refractivity contribution in [3.05, 3.63) is 51.3 Å². The van der Waals surface area contributed by atoms with Crippen molar-refractivity contribution in [2.24, 2.45) is 7.05 Å². The molecule has 1 aromatic carbocycles. The van der Waals surface area contributed by atoms with Crippen molar-refractivity contribution in [2.75, 3.05) is 12.4 Å². The highest BCUT2D eigenvalue weighted by molar-refractivity contribution is 6.33. The fourth-order valence-corrected chi connectivity index (χ4v) is 2.48. The molecule has 24 heavy (non-hydrogen) atoms. The lowest BCUT2D eigenvalue weighted by molar-refractivity contribution is -0.111. The molecule has 2 rings (SSSR count). The van der Waals surface area contributed by atoms with E-state index in [-0.39, 0.29) is 16.5 Å². The molecule has 1 N–H and O–H groups in total. The molecule has 0 aliphatic heterocycles. The summed E-state index contributed by atoms with van der Waals surface area (Å²) in [6.07, 6.45) is 2.92. The second kappa shape index (κ2) is 7.51. The van der Waals surface area contributed by atoms with E-state index >= 15 is 0 Å². The molecule has 0 aliphatic rings. The van der Waals surface area contributed by atoms with Crippen LogP contribution in [0.15, 0.2) is 24.3 Å². The van der Waals surface area contributed by atoms with Crippen molar-refractivity contribution in [1.29, 1.82) is 0 Å². The molecule has 1 heterocycles. The second-order valence-corrected chi connectivity index (χ2v) is 5.69. The topological polar surface area (TPSA) is 73.2 Å². The number of amides is 1. The fraction of sp³-hybridized carbons (Fsp3) is 0.188. The number of benzene rings is 1. The van der Waals surface area contributed by atoms with E-state index in [9.17, 15) is 9.59 Å². The van der Waals surface area contributed by atoms with Gasteiger partial charge >= 0.3 is 5.97 Å². The molecule has 0 atom stereocenters. The number of halogens is 2. The van der Waals surface area contributed by atoms with Crippen LogP contribution in [0.25, 0.3) is 6.08 Å². The lowest BCUT2D eigenvalue weighted by atomic mass is 10.2. The zero-order valence-corrected chi connectivity index (χ0v) is 14.8. The Hall–Kier alpha value is -2.31. The quantitative estimate of drug-likeness (QED) is 0.663. The monoisotopic (exact) mass is 367 g/mol. The van der Waals surface area contributed by atoms with Gasteiger partial charge in [0.1, 0.15) is 5.15 Å². The molecule has 0 fully saturated rings. The van der Waals surface area contributed by atoms with Crippen LogP contribution in [-0.4, -0.2) is 28.8 Å². The molecule has 0 unspecified atom stereocenters. The number of methoxy groups -OCH3 is 1. The van der Waals surface area contributed by atoms with E-state index in [2.05, 4.69) is 15.2 Å². The van der Waals surface area contributed by atoms with Gasteiger partial charge in [0.25, 0.3) is 0 Å². The second-order valence-electron chi connectivity index (χ2n) is 4.92. The first kappa shape index (κ1) is 18.0. The maximum atomic E-state index is 12.0. The van der Waals surface area contributed by atoms with Gasteiger partial charge in [-0.25, -0.2) is 4.79 Å². The Morgan fingerprint density at radius 3 is 2.62 bits per heavy atom. The summed E-state index contributed by atoms with van der Waals surface area (Å²) < 4.78 is 6.16. The summed E-state index contributed by atoms with van der Waals surface area (Å²) in [7, 11) is 2.97. The van der Waals surface area contributed by atoms with Crippen LogP contribution in [0.3, 0.4) is 0 Å². The average molecular weight is 368 g/mol. The van der Waals surface area contributed by atoms with Gasteiger partial charge in [-0.2, -0.15) is 5.10 Å². The third-order valence-corrected chi connectivity index (χ3v) is 4.01. The van der Waals surface area contributed by atoms with Crippen LogP contribution in [0, 0.1) is 6.92 Å². The summed E-state index contributed by atoms with van der Waals surface area (Å²) in [6, 6.07) is 4.54. The van der Waals surface area contributed by atoms with E-state index in [4.69, 9.17) is 23.2 Å². The largest absolute Gasteiger partial charge is 0.465 e. The zero-order valence-electron chi connectivity index (χ0n) is 13.3. The number of nitrogens with zero attached hydrogens (tertiary/aromatic N) is 2. The molecule has 126 valence electrons. The molecule has 0 saturated carbocycles. The first-order valence-corrected chi connectivity index (χ1v) is 7.65. The molecule has 1 aromatic heterocycles. The number of ether oxygens (including phenoxy) is 1. The van der Waals surface area contributed by atoms with Gasteiger partial charge in [-0.15, -0.1) is 0 Å². The van der Waals surface area contributed by atoms with Crippen molar-refractivity contribution in [3.63, 3.8) is 0 Å². The van der Waals surface area contributed by atoms with Crippen LogP contribution < -0.4 is 5.32 Å². The lowest BCUT2D eigenvalue weighted by Gasteiger charge is -2.06. The molecule has 0 saturated heterocycles. The van der Waals surface area contributed by atoms with Gasteiger partial charge in [-0.05, 0) is 31.2 Å². The molecular formula is C16H15Cl2N3O3. The predicted octanol–water partition coefficient (Wildman–Crippen LogP) is 3.47. The summed E-state index contributed by atoms with van der Waals surface area (Å²) in [4.78, 5) is 23.6. The molecule has 8 heteroatoms. The normalized spacial score (nSPS) is 10.9. The van der Waals surface area contributed by atoms with Gasteiger partial charge in [0.2, 0.25) is 5.91 Å². The molecule has 6 nitrogen and oxygen atoms in total. The van der Waals surface area contributed by atoms with Crippen LogP contribution in [0.5, 0.6) is 0 Å². The SMILES string of the molecule is COC(=O)c1cc(NC(=O)/C=C/c2c(C)nn(C)c2Cl)ccc1Cl. The van der Waals surface area contributed by atoms with Crippen LogP contribution in [0.1, 0.15) is 21.6 Å². The zero-order chi connectivity index (χ0) is 17.9. The maximum absolute atomic E-state index is 12.0. The van der Waals surface area contributed by atoms with Crippen molar-refractivity contribution >= 4 is 46.8 Å². The van der Waals surface area contributed by atoms with E-state index in [0.29, 0.717) is 22.1 Å². The predicted molar refractivity (Wildman–Crippen MR) is 93.4 cm³/mol. The Morgan fingerprint density at radius 2 is 2.04 bits per heavy atom. The number of nitrogens with one attached hydrogen (secondary N) is 1. The number of aryl methyl sites for hydroxylation is 2. The third-order valence-electron chi connectivity index (χ3n) is 3.24. The van der Waals surface area contributed by atoms with Crippen LogP contribution >= 0.6 is 23.2 Å². The van der Waals surface area contributed by atoms with Crippen molar-refractivity contribution in [1.82, 2.24) is 9.78 Å². The van der Waals surface area contributed by atoms with Crippen LogP contribution in [-0.2, 0) is 16.6 Å². The highest BCUT2D eigenvalue weighted by Crippen LogP contribution is 2.22. The van der Waals surface area contributed by atoms with E-state index in [1.165, 1.54) is 30.0 Å². The van der Waals surface area contributed by atoms with Gasteiger partial charge in [0.15, 0.2) is 0 Å². The van der Waals surface area contributed by atoms with Crippen LogP contribution in [0.4, 0.5) is 5.69 Å². The number of hydrogen-bond donors (Lipinski definition) is 1.